The number of methoxy groups -OCH3 is 1. The minimum Gasteiger partial charge on any atom is -0.507 e. The molecule has 0 aliphatic carbocycles. The average molecular weight is 423 g/mol. The van der Waals surface area contributed by atoms with Gasteiger partial charge in [0.1, 0.15) is 28.9 Å². The van der Waals surface area contributed by atoms with Crippen molar-refractivity contribution in [3.63, 3.8) is 0 Å². The van der Waals surface area contributed by atoms with Crippen LogP contribution in [-0.4, -0.2) is 40.8 Å². The summed E-state index contributed by atoms with van der Waals surface area (Å²) >= 11 is 0. The van der Waals surface area contributed by atoms with Gasteiger partial charge < -0.3 is 19.4 Å². The molecule has 0 saturated carbocycles. The summed E-state index contributed by atoms with van der Waals surface area (Å²) < 4.78 is 11.3. The quantitative estimate of drug-likeness (QED) is 0.641. The zero-order valence-electron chi connectivity index (χ0n) is 17.6. The van der Waals surface area contributed by atoms with Gasteiger partial charge in [0.15, 0.2) is 0 Å². The lowest BCUT2D eigenvalue weighted by Gasteiger charge is -2.33. The number of piperidine rings is 1. The summed E-state index contributed by atoms with van der Waals surface area (Å²) in [5.74, 6) is 0.233. The minimum atomic E-state index is -0.876. The van der Waals surface area contributed by atoms with Crippen LogP contribution in [0, 0.1) is 6.92 Å². The van der Waals surface area contributed by atoms with Gasteiger partial charge in [0.25, 0.3) is 0 Å². The fraction of sp³-hybridized carbons (Fsp3) is 0.333. The molecule has 1 aliphatic heterocycles. The van der Waals surface area contributed by atoms with Gasteiger partial charge in [0, 0.05) is 6.54 Å². The van der Waals surface area contributed by atoms with Crippen LogP contribution in [0.1, 0.15) is 30.6 Å². The molecule has 4 rings (SSSR count). The van der Waals surface area contributed by atoms with Gasteiger partial charge in [0.2, 0.25) is 5.43 Å². The number of benzene rings is 2. The summed E-state index contributed by atoms with van der Waals surface area (Å²) in [4.78, 5) is 26.9. The lowest BCUT2D eigenvalue weighted by molar-refractivity contribution is -0.144. The van der Waals surface area contributed by atoms with E-state index >= 15 is 0 Å². The van der Waals surface area contributed by atoms with Crippen LogP contribution in [0.2, 0.25) is 0 Å². The number of carboxylic acids is 1. The van der Waals surface area contributed by atoms with Gasteiger partial charge in [-0.25, -0.2) is 0 Å². The minimum absolute atomic E-state index is 0.0121. The third-order valence-electron chi connectivity index (χ3n) is 5.95. The first-order chi connectivity index (χ1) is 14.9. The largest absolute Gasteiger partial charge is 0.507 e. The predicted octanol–water partition coefficient (Wildman–Crippen LogP) is 3.92. The van der Waals surface area contributed by atoms with E-state index in [1.54, 1.807) is 44.4 Å². The summed E-state index contributed by atoms with van der Waals surface area (Å²) in [6, 6.07) is 9.58. The van der Waals surface area contributed by atoms with E-state index in [0.717, 1.165) is 12.8 Å². The number of nitrogens with zero attached hydrogens (tertiary/aromatic N) is 1. The summed E-state index contributed by atoms with van der Waals surface area (Å²) in [7, 11) is 1.58. The van der Waals surface area contributed by atoms with Crippen molar-refractivity contribution in [1.82, 2.24) is 4.90 Å². The van der Waals surface area contributed by atoms with Gasteiger partial charge in [-0.3, -0.25) is 14.5 Å². The molecular formula is C24H25NO6. The molecule has 2 heterocycles. The lowest BCUT2D eigenvalue weighted by atomic mass is 9.98. The van der Waals surface area contributed by atoms with E-state index in [2.05, 4.69) is 0 Å². The number of aromatic hydroxyl groups is 1. The zero-order chi connectivity index (χ0) is 22.1. The summed E-state index contributed by atoms with van der Waals surface area (Å²) in [6.45, 7) is 2.53. The van der Waals surface area contributed by atoms with E-state index in [-0.39, 0.29) is 17.7 Å². The summed E-state index contributed by atoms with van der Waals surface area (Å²) in [5, 5.41) is 20.5. The topological polar surface area (TPSA) is 100 Å². The normalized spacial score (nSPS) is 17.0. The highest BCUT2D eigenvalue weighted by Gasteiger charge is 2.30. The molecule has 0 spiro atoms. The van der Waals surface area contributed by atoms with Gasteiger partial charge in [-0.15, -0.1) is 0 Å². The SMILES string of the molecule is COc1ccc(-c2c(C)oc3c(CN4CCCCC4C(=O)O)c(O)ccc3c2=O)cc1. The molecule has 2 N–H and O–H groups in total. The monoisotopic (exact) mass is 423 g/mol. The van der Waals surface area contributed by atoms with E-state index in [1.807, 2.05) is 4.90 Å². The van der Waals surface area contributed by atoms with Crippen molar-refractivity contribution >= 4 is 16.9 Å². The molecule has 1 aliphatic rings. The second kappa shape index (κ2) is 8.43. The van der Waals surface area contributed by atoms with Crippen molar-refractivity contribution in [2.45, 2.75) is 38.8 Å². The molecule has 162 valence electrons. The molecule has 1 atom stereocenters. The predicted molar refractivity (Wildman–Crippen MR) is 117 cm³/mol. The maximum atomic E-state index is 13.4. The molecule has 1 unspecified atom stereocenters. The first kappa shape index (κ1) is 20.9. The number of aryl methyl sites for hydroxylation is 1. The Bertz CT molecular complexity index is 1180. The highest BCUT2D eigenvalue weighted by Crippen LogP contribution is 2.33. The highest BCUT2D eigenvalue weighted by atomic mass is 16.5. The van der Waals surface area contributed by atoms with E-state index in [1.165, 1.54) is 6.07 Å². The Balaban J connectivity index is 1.81. The van der Waals surface area contributed by atoms with Crippen molar-refractivity contribution in [2.24, 2.45) is 0 Å². The second-order valence-corrected chi connectivity index (χ2v) is 7.85. The van der Waals surface area contributed by atoms with Gasteiger partial charge in [-0.1, -0.05) is 18.6 Å². The third-order valence-corrected chi connectivity index (χ3v) is 5.95. The van der Waals surface area contributed by atoms with E-state index < -0.39 is 12.0 Å². The average Bonchev–Trinajstić information content (AvgIpc) is 2.76. The molecule has 0 amide bonds. The Kier molecular flexibility index (Phi) is 5.69. The van der Waals surface area contributed by atoms with Gasteiger partial charge >= 0.3 is 5.97 Å². The number of carboxylic acid groups (broad SMARTS) is 1. The van der Waals surface area contributed by atoms with Crippen LogP contribution in [0.3, 0.4) is 0 Å². The fourth-order valence-electron chi connectivity index (χ4n) is 4.32. The van der Waals surface area contributed by atoms with Crippen LogP contribution in [0.25, 0.3) is 22.1 Å². The molecule has 1 fully saturated rings. The number of rotatable bonds is 5. The fourth-order valence-corrected chi connectivity index (χ4v) is 4.32. The van der Waals surface area contributed by atoms with Crippen molar-refractivity contribution < 1.29 is 24.2 Å². The second-order valence-electron chi connectivity index (χ2n) is 7.85. The maximum Gasteiger partial charge on any atom is 0.320 e. The number of carbonyl (C=O) groups is 1. The number of ether oxygens (including phenoxy) is 1. The molecular weight excluding hydrogens is 398 g/mol. The number of fused-ring (bicyclic) bond motifs is 1. The Labute approximate surface area is 179 Å². The third kappa shape index (κ3) is 3.88. The molecule has 1 saturated heterocycles. The van der Waals surface area contributed by atoms with Crippen LogP contribution >= 0.6 is 0 Å². The molecule has 7 nitrogen and oxygen atoms in total. The van der Waals surface area contributed by atoms with E-state index in [4.69, 9.17) is 9.15 Å². The van der Waals surface area contributed by atoms with Gasteiger partial charge in [-0.2, -0.15) is 0 Å². The highest BCUT2D eigenvalue weighted by molar-refractivity contribution is 5.86. The molecule has 3 aromatic rings. The number of hydrogen-bond donors (Lipinski definition) is 2. The summed E-state index contributed by atoms with van der Waals surface area (Å²) in [5.41, 5.74) is 1.71. The Morgan fingerprint density at radius 1 is 1.19 bits per heavy atom. The first-order valence-corrected chi connectivity index (χ1v) is 10.3. The van der Waals surface area contributed by atoms with Crippen molar-refractivity contribution in [3.05, 3.63) is 57.9 Å². The Morgan fingerprint density at radius 2 is 1.94 bits per heavy atom. The van der Waals surface area contributed by atoms with Crippen molar-refractivity contribution in [2.75, 3.05) is 13.7 Å². The Morgan fingerprint density at radius 3 is 2.61 bits per heavy atom. The maximum absolute atomic E-state index is 13.4. The zero-order valence-corrected chi connectivity index (χ0v) is 17.6. The van der Waals surface area contributed by atoms with Crippen LogP contribution in [0.4, 0.5) is 0 Å². The van der Waals surface area contributed by atoms with Crippen LogP contribution < -0.4 is 10.2 Å². The van der Waals surface area contributed by atoms with E-state index in [0.29, 0.717) is 52.1 Å². The molecule has 0 bridgehead atoms. The van der Waals surface area contributed by atoms with E-state index in [9.17, 15) is 19.8 Å². The lowest BCUT2D eigenvalue weighted by Crippen LogP contribution is -2.44. The molecule has 0 radical (unpaired) electrons. The van der Waals surface area contributed by atoms with Gasteiger partial charge in [-0.05, 0) is 56.1 Å². The Hall–Kier alpha value is -3.32. The van der Waals surface area contributed by atoms with Gasteiger partial charge in [0.05, 0.1) is 23.6 Å². The van der Waals surface area contributed by atoms with Crippen molar-refractivity contribution in [3.8, 4) is 22.6 Å². The molecule has 31 heavy (non-hydrogen) atoms. The molecule has 1 aromatic heterocycles. The summed E-state index contributed by atoms with van der Waals surface area (Å²) in [6.07, 6.45) is 2.31. The van der Waals surface area contributed by atoms with Crippen molar-refractivity contribution in [1.29, 1.82) is 0 Å². The molecule has 2 aromatic carbocycles. The molecule has 7 heteroatoms. The first-order valence-electron chi connectivity index (χ1n) is 10.3. The number of hydrogen-bond acceptors (Lipinski definition) is 6. The van der Waals surface area contributed by atoms with Crippen LogP contribution in [0.5, 0.6) is 11.5 Å². The number of phenols is 1. The smallest absolute Gasteiger partial charge is 0.320 e. The number of likely N-dealkylation sites (tertiary alicyclic amines) is 1. The number of phenolic OH excluding ortho intramolecular Hbond substituents is 1. The standard InChI is InChI=1S/C24H25NO6/c1-14-21(15-6-8-16(30-2)9-7-15)22(27)17-10-11-20(26)18(23(17)31-14)13-25-12-4-3-5-19(25)24(28)29/h6-11,19,26H,3-5,12-13H2,1-2H3,(H,28,29). The van der Waals surface area contributed by atoms with Crippen LogP contribution in [0.15, 0.2) is 45.6 Å². The number of aliphatic carboxylic acids is 1. The van der Waals surface area contributed by atoms with Crippen LogP contribution in [-0.2, 0) is 11.3 Å².